The number of halogens is 1. The maximum absolute atomic E-state index is 12.7. The zero-order valence-electron chi connectivity index (χ0n) is 16.1. The van der Waals surface area contributed by atoms with Gasteiger partial charge in [0.2, 0.25) is 5.91 Å². The third-order valence-electron chi connectivity index (χ3n) is 5.07. The topological polar surface area (TPSA) is 79.6 Å². The summed E-state index contributed by atoms with van der Waals surface area (Å²) in [5.74, 6) is 0.790. The van der Waals surface area contributed by atoms with E-state index in [1.165, 1.54) is 15.6 Å². The predicted molar refractivity (Wildman–Crippen MR) is 117 cm³/mol. The third kappa shape index (κ3) is 4.62. The van der Waals surface area contributed by atoms with E-state index in [9.17, 15) is 13.2 Å². The number of furan rings is 1. The molecule has 1 aliphatic rings. The lowest BCUT2D eigenvalue weighted by Gasteiger charge is -2.30. The van der Waals surface area contributed by atoms with Crippen molar-refractivity contribution < 1.29 is 17.6 Å². The van der Waals surface area contributed by atoms with Crippen molar-refractivity contribution in [3.8, 4) is 11.3 Å². The van der Waals surface area contributed by atoms with Gasteiger partial charge in [0.05, 0.1) is 12.5 Å². The van der Waals surface area contributed by atoms with Crippen LogP contribution in [-0.4, -0.2) is 31.7 Å². The van der Waals surface area contributed by atoms with Gasteiger partial charge in [-0.05, 0) is 60.7 Å². The highest BCUT2D eigenvalue weighted by Gasteiger charge is 2.33. The monoisotopic (exact) mass is 464 g/mol. The van der Waals surface area contributed by atoms with Gasteiger partial charge in [0.1, 0.15) is 15.7 Å². The van der Waals surface area contributed by atoms with E-state index in [0.717, 1.165) is 5.56 Å². The smallest absolute Gasteiger partial charge is 0.252 e. The fourth-order valence-electron chi connectivity index (χ4n) is 3.47. The van der Waals surface area contributed by atoms with Crippen molar-refractivity contribution in [3.05, 3.63) is 64.7 Å². The molecule has 0 saturated carbocycles. The molecule has 2 aromatic heterocycles. The van der Waals surface area contributed by atoms with Gasteiger partial charge in [-0.25, -0.2) is 8.42 Å². The molecule has 30 heavy (non-hydrogen) atoms. The van der Waals surface area contributed by atoms with Crippen LogP contribution in [0.2, 0.25) is 5.02 Å². The average Bonchev–Trinajstić information content (AvgIpc) is 3.45. The van der Waals surface area contributed by atoms with E-state index in [2.05, 4.69) is 5.32 Å². The van der Waals surface area contributed by atoms with Crippen LogP contribution in [0.5, 0.6) is 0 Å². The van der Waals surface area contributed by atoms with Crippen LogP contribution in [-0.2, 0) is 21.4 Å². The molecule has 1 fully saturated rings. The van der Waals surface area contributed by atoms with E-state index in [0.29, 0.717) is 40.1 Å². The number of thiophene rings is 1. The van der Waals surface area contributed by atoms with E-state index in [-0.39, 0.29) is 24.9 Å². The first kappa shape index (κ1) is 21.1. The van der Waals surface area contributed by atoms with Crippen molar-refractivity contribution in [2.24, 2.45) is 5.92 Å². The minimum absolute atomic E-state index is 0.162. The third-order valence-corrected chi connectivity index (χ3v) is 8.56. The molecule has 3 aromatic rings. The van der Waals surface area contributed by atoms with Crippen LogP contribution in [0, 0.1) is 5.92 Å². The molecular weight excluding hydrogens is 444 g/mol. The minimum Gasteiger partial charge on any atom is -0.459 e. The lowest BCUT2D eigenvalue weighted by Crippen LogP contribution is -2.45. The first-order valence-corrected chi connectivity index (χ1v) is 12.3. The van der Waals surface area contributed by atoms with Crippen LogP contribution < -0.4 is 5.32 Å². The van der Waals surface area contributed by atoms with E-state index in [1.54, 1.807) is 29.6 Å². The summed E-state index contributed by atoms with van der Waals surface area (Å²) in [5, 5.41) is 5.27. The molecule has 0 bridgehead atoms. The number of hydrogen-bond acceptors (Lipinski definition) is 5. The zero-order chi connectivity index (χ0) is 21.1. The Bertz CT molecular complexity index is 1110. The first-order valence-electron chi connectivity index (χ1n) is 9.59. The molecule has 9 heteroatoms. The number of carbonyl (C=O) groups excluding carboxylic acids is 1. The quantitative estimate of drug-likeness (QED) is 0.587. The van der Waals surface area contributed by atoms with Gasteiger partial charge < -0.3 is 9.73 Å². The number of sulfonamides is 1. The second-order valence-corrected chi connectivity index (χ2v) is 10.7. The Morgan fingerprint density at radius 3 is 2.73 bits per heavy atom. The Labute approximate surface area is 184 Å². The fraction of sp³-hybridized carbons (Fsp3) is 0.286. The fourth-order valence-corrected chi connectivity index (χ4v) is 6.27. The van der Waals surface area contributed by atoms with Crippen molar-refractivity contribution >= 4 is 38.9 Å². The normalized spacial score (nSPS) is 17.7. The molecule has 0 radical (unpaired) electrons. The van der Waals surface area contributed by atoms with Gasteiger partial charge >= 0.3 is 0 Å². The summed E-state index contributed by atoms with van der Waals surface area (Å²) < 4.78 is 33.0. The average molecular weight is 465 g/mol. The lowest BCUT2D eigenvalue weighted by molar-refractivity contribution is -0.126. The number of benzene rings is 1. The Balaban J connectivity index is 1.36. The number of amides is 1. The number of rotatable bonds is 6. The van der Waals surface area contributed by atoms with Gasteiger partial charge in [-0.2, -0.15) is 4.31 Å². The number of carbonyl (C=O) groups is 1. The number of nitrogens with one attached hydrogen (secondary N) is 1. The second kappa shape index (κ2) is 8.93. The SMILES string of the molecule is O=C(NCc1ccc(-c2ccc(Cl)cc2)o1)C1CCCN(S(=O)(=O)c2cccs2)C1. The van der Waals surface area contributed by atoms with Gasteiger partial charge in [0, 0.05) is 23.7 Å². The maximum atomic E-state index is 12.7. The molecule has 6 nitrogen and oxygen atoms in total. The zero-order valence-corrected chi connectivity index (χ0v) is 18.5. The Morgan fingerprint density at radius 2 is 2.00 bits per heavy atom. The molecule has 4 rings (SSSR count). The molecule has 1 unspecified atom stereocenters. The van der Waals surface area contributed by atoms with Crippen LogP contribution in [0.15, 0.2) is 62.5 Å². The predicted octanol–water partition coefficient (Wildman–Crippen LogP) is 4.38. The Morgan fingerprint density at radius 1 is 1.20 bits per heavy atom. The molecular formula is C21H21ClN2O4S2. The molecule has 1 saturated heterocycles. The second-order valence-electron chi connectivity index (χ2n) is 7.12. The molecule has 0 spiro atoms. The van der Waals surface area contributed by atoms with Crippen molar-refractivity contribution in [1.82, 2.24) is 9.62 Å². The Kier molecular flexibility index (Phi) is 6.29. The van der Waals surface area contributed by atoms with E-state index < -0.39 is 10.0 Å². The first-order chi connectivity index (χ1) is 14.4. The Hall–Kier alpha value is -2.13. The highest BCUT2D eigenvalue weighted by molar-refractivity contribution is 7.91. The molecule has 0 aliphatic carbocycles. The molecule has 1 amide bonds. The lowest BCUT2D eigenvalue weighted by atomic mass is 9.99. The van der Waals surface area contributed by atoms with Crippen LogP contribution in [0.1, 0.15) is 18.6 Å². The van der Waals surface area contributed by atoms with Gasteiger partial charge in [-0.3, -0.25) is 4.79 Å². The molecule has 1 N–H and O–H groups in total. The number of hydrogen-bond donors (Lipinski definition) is 1. The summed E-state index contributed by atoms with van der Waals surface area (Å²) in [5.41, 5.74) is 0.902. The molecule has 1 atom stereocenters. The van der Waals surface area contributed by atoms with Gasteiger partial charge in [0.15, 0.2) is 0 Å². The number of piperidine rings is 1. The molecule has 3 heterocycles. The highest BCUT2D eigenvalue weighted by Crippen LogP contribution is 2.27. The molecule has 1 aliphatic heterocycles. The van der Waals surface area contributed by atoms with Crippen molar-refractivity contribution in [2.75, 3.05) is 13.1 Å². The van der Waals surface area contributed by atoms with E-state index in [4.69, 9.17) is 16.0 Å². The van der Waals surface area contributed by atoms with Crippen molar-refractivity contribution in [1.29, 1.82) is 0 Å². The largest absolute Gasteiger partial charge is 0.459 e. The van der Waals surface area contributed by atoms with Gasteiger partial charge in [0.25, 0.3) is 10.0 Å². The van der Waals surface area contributed by atoms with Gasteiger partial charge in [-0.15, -0.1) is 11.3 Å². The summed E-state index contributed by atoms with van der Waals surface area (Å²) in [6, 6.07) is 14.3. The summed E-state index contributed by atoms with van der Waals surface area (Å²) in [6.45, 7) is 0.882. The standard InChI is InChI=1S/C21H21ClN2O4S2/c22-17-7-5-15(6-8-17)19-10-9-18(28-19)13-23-21(25)16-3-1-11-24(14-16)30(26,27)20-4-2-12-29-20/h2,4-10,12,16H,1,3,11,13-14H2,(H,23,25). The van der Waals surface area contributed by atoms with E-state index in [1.807, 2.05) is 24.3 Å². The molecule has 158 valence electrons. The number of nitrogens with zero attached hydrogens (tertiary/aromatic N) is 1. The summed E-state index contributed by atoms with van der Waals surface area (Å²) in [4.78, 5) is 12.7. The minimum atomic E-state index is -3.54. The van der Waals surface area contributed by atoms with Crippen molar-refractivity contribution in [2.45, 2.75) is 23.6 Å². The van der Waals surface area contributed by atoms with Crippen LogP contribution >= 0.6 is 22.9 Å². The van der Waals surface area contributed by atoms with Crippen molar-refractivity contribution in [3.63, 3.8) is 0 Å². The highest BCUT2D eigenvalue weighted by atomic mass is 35.5. The summed E-state index contributed by atoms with van der Waals surface area (Å²) in [6.07, 6.45) is 1.32. The summed E-state index contributed by atoms with van der Waals surface area (Å²) in [7, 11) is -3.54. The maximum Gasteiger partial charge on any atom is 0.252 e. The molecule has 1 aromatic carbocycles. The van der Waals surface area contributed by atoms with Crippen LogP contribution in [0.4, 0.5) is 0 Å². The van der Waals surface area contributed by atoms with Crippen LogP contribution in [0.3, 0.4) is 0 Å². The van der Waals surface area contributed by atoms with Crippen LogP contribution in [0.25, 0.3) is 11.3 Å². The summed E-state index contributed by atoms with van der Waals surface area (Å²) >= 11 is 7.10. The van der Waals surface area contributed by atoms with Gasteiger partial charge in [-0.1, -0.05) is 17.7 Å². The van der Waals surface area contributed by atoms with E-state index >= 15 is 0 Å².